The molecule has 1 aromatic heterocycles. The molecule has 1 aromatic rings. The van der Waals surface area contributed by atoms with Gasteiger partial charge in [-0.25, -0.2) is 0 Å². The minimum absolute atomic E-state index is 0.144. The quantitative estimate of drug-likeness (QED) is 0.765. The highest BCUT2D eigenvalue weighted by Crippen LogP contribution is 2.10. The second-order valence-corrected chi connectivity index (χ2v) is 4.82. The van der Waals surface area contributed by atoms with Crippen LogP contribution in [0.3, 0.4) is 0 Å². The average molecular weight is 260 g/mol. The zero-order valence-electron chi connectivity index (χ0n) is 8.23. The molecule has 14 heavy (non-hydrogen) atoms. The van der Waals surface area contributed by atoms with E-state index in [-0.39, 0.29) is 11.4 Å². The second kappa shape index (κ2) is 4.14. The molecule has 0 atom stereocenters. The van der Waals surface area contributed by atoms with Crippen molar-refractivity contribution in [2.75, 3.05) is 6.54 Å². The Morgan fingerprint density at radius 3 is 2.79 bits per heavy atom. The van der Waals surface area contributed by atoms with Crippen LogP contribution in [0.15, 0.2) is 16.7 Å². The molecular weight excluding hydrogens is 246 g/mol. The van der Waals surface area contributed by atoms with E-state index in [9.17, 15) is 4.79 Å². The number of aromatic amines is 1. The molecular formula is C9H14BrN3O. The van der Waals surface area contributed by atoms with Gasteiger partial charge in [-0.3, -0.25) is 4.79 Å². The van der Waals surface area contributed by atoms with Gasteiger partial charge in [0.05, 0.1) is 0 Å². The smallest absolute Gasteiger partial charge is 0.267 e. The van der Waals surface area contributed by atoms with Crippen LogP contribution in [0.4, 0.5) is 0 Å². The van der Waals surface area contributed by atoms with E-state index in [4.69, 9.17) is 5.73 Å². The molecule has 0 aliphatic carbocycles. The Bertz CT molecular complexity index is 327. The summed E-state index contributed by atoms with van der Waals surface area (Å²) >= 11 is 3.26. The first-order valence-corrected chi connectivity index (χ1v) is 5.09. The van der Waals surface area contributed by atoms with Crippen LogP contribution in [0.25, 0.3) is 0 Å². The summed E-state index contributed by atoms with van der Waals surface area (Å²) in [5.41, 5.74) is 5.87. The molecule has 0 saturated heterocycles. The number of rotatable bonds is 3. The van der Waals surface area contributed by atoms with Crippen molar-refractivity contribution in [2.45, 2.75) is 19.4 Å². The topological polar surface area (TPSA) is 70.9 Å². The summed E-state index contributed by atoms with van der Waals surface area (Å²) in [4.78, 5) is 14.3. The van der Waals surface area contributed by atoms with Gasteiger partial charge in [-0.1, -0.05) is 0 Å². The van der Waals surface area contributed by atoms with Gasteiger partial charge in [0.1, 0.15) is 5.69 Å². The summed E-state index contributed by atoms with van der Waals surface area (Å²) in [6.45, 7) is 4.16. The number of carbonyl (C=O) groups is 1. The lowest BCUT2D eigenvalue weighted by Crippen LogP contribution is -2.45. The lowest BCUT2D eigenvalue weighted by Gasteiger charge is -2.18. The maximum atomic E-state index is 11.5. The van der Waals surface area contributed by atoms with Gasteiger partial charge in [0.2, 0.25) is 0 Å². The number of H-pyrrole nitrogens is 1. The maximum Gasteiger partial charge on any atom is 0.267 e. The van der Waals surface area contributed by atoms with Crippen LogP contribution in [-0.2, 0) is 0 Å². The molecule has 0 aliphatic rings. The second-order valence-electron chi connectivity index (χ2n) is 3.90. The largest absolute Gasteiger partial charge is 0.356 e. The normalized spacial score (nSPS) is 11.4. The molecule has 4 N–H and O–H groups in total. The Labute approximate surface area is 91.4 Å². The van der Waals surface area contributed by atoms with Crippen LogP contribution in [-0.4, -0.2) is 23.0 Å². The van der Waals surface area contributed by atoms with Crippen molar-refractivity contribution >= 4 is 21.8 Å². The van der Waals surface area contributed by atoms with Gasteiger partial charge in [0, 0.05) is 22.8 Å². The predicted octanol–water partition coefficient (Wildman–Crippen LogP) is 1.24. The molecule has 78 valence electrons. The molecule has 5 heteroatoms. The first-order chi connectivity index (χ1) is 6.38. The van der Waals surface area contributed by atoms with E-state index < -0.39 is 0 Å². The zero-order valence-corrected chi connectivity index (χ0v) is 9.81. The first-order valence-electron chi connectivity index (χ1n) is 4.29. The van der Waals surface area contributed by atoms with Gasteiger partial charge in [0.25, 0.3) is 5.91 Å². The molecule has 0 spiro atoms. The third kappa shape index (κ3) is 3.51. The number of amides is 1. The van der Waals surface area contributed by atoms with E-state index in [1.165, 1.54) is 0 Å². The van der Waals surface area contributed by atoms with Gasteiger partial charge in [-0.15, -0.1) is 0 Å². The Morgan fingerprint density at radius 2 is 2.36 bits per heavy atom. The van der Waals surface area contributed by atoms with E-state index in [0.717, 1.165) is 4.47 Å². The third-order valence-electron chi connectivity index (χ3n) is 1.60. The van der Waals surface area contributed by atoms with Crippen LogP contribution in [0, 0.1) is 0 Å². The fourth-order valence-electron chi connectivity index (χ4n) is 0.902. The molecule has 0 bridgehead atoms. The molecule has 1 amide bonds. The predicted molar refractivity (Wildman–Crippen MR) is 59.1 cm³/mol. The Hall–Kier alpha value is -0.810. The summed E-state index contributed by atoms with van der Waals surface area (Å²) in [7, 11) is 0. The number of nitrogens with two attached hydrogens (primary N) is 1. The van der Waals surface area contributed by atoms with Crippen LogP contribution in [0.5, 0.6) is 0 Å². The van der Waals surface area contributed by atoms with E-state index in [1.54, 1.807) is 12.3 Å². The monoisotopic (exact) mass is 259 g/mol. The van der Waals surface area contributed by atoms with Gasteiger partial charge >= 0.3 is 0 Å². The Morgan fingerprint density at radius 1 is 1.71 bits per heavy atom. The summed E-state index contributed by atoms with van der Waals surface area (Å²) in [6.07, 6.45) is 1.71. The number of aromatic nitrogens is 1. The van der Waals surface area contributed by atoms with Gasteiger partial charge in [-0.05, 0) is 35.8 Å². The Balaban J connectivity index is 2.52. The molecule has 1 heterocycles. The van der Waals surface area contributed by atoms with Gasteiger partial charge in [-0.2, -0.15) is 0 Å². The summed E-state index contributed by atoms with van der Waals surface area (Å²) in [6, 6.07) is 1.72. The van der Waals surface area contributed by atoms with E-state index in [1.807, 2.05) is 13.8 Å². The van der Waals surface area contributed by atoms with E-state index >= 15 is 0 Å². The van der Waals surface area contributed by atoms with Crippen LogP contribution in [0.1, 0.15) is 24.3 Å². The van der Waals surface area contributed by atoms with Gasteiger partial charge in [0.15, 0.2) is 0 Å². The molecule has 0 aromatic carbocycles. The standard InChI is InChI=1S/C9H14BrN3O/c1-9(2,11)5-13-8(14)7-3-6(10)4-12-7/h3-4,12H,5,11H2,1-2H3,(H,13,14). The zero-order chi connectivity index (χ0) is 10.8. The molecule has 0 fully saturated rings. The highest BCUT2D eigenvalue weighted by Gasteiger charge is 2.13. The van der Waals surface area contributed by atoms with Crippen LogP contribution < -0.4 is 11.1 Å². The number of halogens is 1. The van der Waals surface area contributed by atoms with E-state index in [2.05, 4.69) is 26.2 Å². The van der Waals surface area contributed by atoms with Crippen molar-refractivity contribution in [3.05, 3.63) is 22.4 Å². The number of hydrogen-bond donors (Lipinski definition) is 3. The summed E-state index contributed by atoms with van der Waals surface area (Å²) in [5, 5.41) is 2.74. The number of nitrogens with one attached hydrogen (secondary N) is 2. The molecule has 4 nitrogen and oxygen atoms in total. The lowest BCUT2D eigenvalue weighted by atomic mass is 10.1. The van der Waals surface area contributed by atoms with Crippen molar-refractivity contribution < 1.29 is 4.79 Å². The maximum absolute atomic E-state index is 11.5. The highest BCUT2D eigenvalue weighted by atomic mass is 79.9. The van der Waals surface area contributed by atoms with Crippen molar-refractivity contribution in [1.82, 2.24) is 10.3 Å². The van der Waals surface area contributed by atoms with Gasteiger partial charge < -0.3 is 16.0 Å². The minimum Gasteiger partial charge on any atom is -0.356 e. The molecule has 1 rings (SSSR count). The number of hydrogen-bond acceptors (Lipinski definition) is 2. The van der Waals surface area contributed by atoms with Crippen molar-refractivity contribution in [1.29, 1.82) is 0 Å². The average Bonchev–Trinajstić information content (AvgIpc) is 2.46. The molecule has 0 radical (unpaired) electrons. The molecule has 0 aliphatic heterocycles. The molecule has 0 saturated carbocycles. The lowest BCUT2D eigenvalue weighted by molar-refractivity contribution is 0.0941. The number of carbonyl (C=O) groups excluding carboxylic acids is 1. The fraction of sp³-hybridized carbons (Fsp3) is 0.444. The van der Waals surface area contributed by atoms with E-state index in [0.29, 0.717) is 12.2 Å². The SMILES string of the molecule is CC(C)(N)CNC(=O)c1cc(Br)c[nH]1. The van der Waals surface area contributed by atoms with Crippen molar-refractivity contribution in [2.24, 2.45) is 5.73 Å². The van der Waals surface area contributed by atoms with Crippen LogP contribution in [0.2, 0.25) is 0 Å². The summed E-state index contributed by atoms with van der Waals surface area (Å²) < 4.78 is 0.856. The Kier molecular flexibility index (Phi) is 3.34. The fourth-order valence-corrected chi connectivity index (χ4v) is 1.25. The first kappa shape index (κ1) is 11.3. The van der Waals surface area contributed by atoms with Crippen molar-refractivity contribution in [3.8, 4) is 0 Å². The summed E-state index contributed by atoms with van der Waals surface area (Å²) in [5.74, 6) is -0.144. The minimum atomic E-state index is -0.389. The van der Waals surface area contributed by atoms with Crippen LogP contribution >= 0.6 is 15.9 Å². The highest BCUT2D eigenvalue weighted by molar-refractivity contribution is 9.10. The van der Waals surface area contributed by atoms with Crippen molar-refractivity contribution in [3.63, 3.8) is 0 Å². The third-order valence-corrected chi connectivity index (χ3v) is 2.05. The molecule has 0 unspecified atom stereocenters.